The molecule has 0 aliphatic heterocycles. The minimum atomic E-state index is -0.0473. The Hall–Kier alpha value is -1.82. The molecule has 3 saturated carbocycles. The van der Waals surface area contributed by atoms with E-state index in [1.807, 2.05) is 19.2 Å². The van der Waals surface area contributed by atoms with E-state index in [4.69, 9.17) is 4.74 Å². The van der Waals surface area contributed by atoms with E-state index in [-0.39, 0.29) is 29.9 Å². The van der Waals surface area contributed by atoms with Crippen LogP contribution in [0.3, 0.4) is 0 Å². The van der Waals surface area contributed by atoms with Crippen LogP contribution >= 0.6 is 0 Å². The van der Waals surface area contributed by atoms with Crippen molar-refractivity contribution in [3.63, 3.8) is 0 Å². The first-order valence-electron chi connectivity index (χ1n) is 9.91. The maximum absolute atomic E-state index is 12.2. The predicted molar refractivity (Wildman–Crippen MR) is 97.8 cm³/mol. The van der Waals surface area contributed by atoms with E-state index in [0.29, 0.717) is 24.3 Å². The van der Waals surface area contributed by atoms with Gasteiger partial charge in [-0.3, -0.25) is 9.59 Å². The third kappa shape index (κ3) is 3.27. The van der Waals surface area contributed by atoms with Crippen LogP contribution in [0.2, 0.25) is 0 Å². The van der Waals surface area contributed by atoms with Crippen molar-refractivity contribution in [1.29, 1.82) is 0 Å². The molecule has 3 fully saturated rings. The molecule has 26 heavy (non-hydrogen) atoms. The molecule has 2 unspecified atom stereocenters. The van der Waals surface area contributed by atoms with Gasteiger partial charge in [-0.05, 0) is 68.4 Å². The van der Waals surface area contributed by atoms with Crippen molar-refractivity contribution in [2.75, 3.05) is 13.2 Å². The molecular weight excluding hydrogens is 330 g/mol. The van der Waals surface area contributed by atoms with Gasteiger partial charge in [-0.15, -0.1) is 0 Å². The highest BCUT2D eigenvalue weighted by molar-refractivity contribution is 5.92. The minimum absolute atomic E-state index is 0.0116. The Balaban J connectivity index is 1.24. The second kappa shape index (κ2) is 7.06. The van der Waals surface area contributed by atoms with E-state index in [2.05, 4.69) is 15.6 Å². The lowest BCUT2D eigenvalue weighted by Crippen LogP contribution is -2.66. The molecular formula is C20H29N3O3. The summed E-state index contributed by atoms with van der Waals surface area (Å²) in [6, 6.07) is 2.10. The van der Waals surface area contributed by atoms with Gasteiger partial charge in [0, 0.05) is 18.8 Å². The lowest BCUT2D eigenvalue weighted by atomic mass is 9.47. The number of carbonyl (C=O) groups is 2. The highest BCUT2D eigenvalue weighted by Crippen LogP contribution is 2.59. The smallest absolute Gasteiger partial charge is 0.267 e. The Morgan fingerprint density at radius 2 is 2.12 bits per heavy atom. The number of carbonyl (C=O) groups excluding carboxylic acids is 2. The molecule has 1 spiro atoms. The lowest BCUT2D eigenvalue weighted by Gasteiger charge is -2.61. The van der Waals surface area contributed by atoms with Crippen LogP contribution in [0.25, 0.3) is 0 Å². The van der Waals surface area contributed by atoms with Gasteiger partial charge < -0.3 is 20.4 Å². The average Bonchev–Trinajstić information content (AvgIpc) is 2.93. The summed E-state index contributed by atoms with van der Waals surface area (Å²) in [5.74, 6) is 0.417. The number of nitrogens with one attached hydrogen (secondary N) is 3. The Morgan fingerprint density at radius 3 is 2.69 bits per heavy atom. The number of hydrogen-bond acceptors (Lipinski definition) is 3. The summed E-state index contributed by atoms with van der Waals surface area (Å²) < 4.78 is 5.61. The first-order valence-corrected chi connectivity index (χ1v) is 9.91. The van der Waals surface area contributed by atoms with Gasteiger partial charge in [0.1, 0.15) is 12.3 Å². The van der Waals surface area contributed by atoms with Crippen LogP contribution in [0, 0.1) is 18.3 Å². The Morgan fingerprint density at radius 1 is 1.31 bits per heavy atom. The summed E-state index contributed by atoms with van der Waals surface area (Å²) in [5.41, 5.74) is 1.86. The van der Waals surface area contributed by atoms with Gasteiger partial charge in [-0.1, -0.05) is 6.42 Å². The molecule has 2 amide bonds. The molecule has 3 N–H and O–H groups in total. The van der Waals surface area contributed by atoms with E-state index in [9.17, 15) is 9.59 Å². The number of H-pyrrole nitrogens is 1. The Labute approximate surface area is 154 Å². The summed E-state index contributed by atoms with van der Waals surface area (Å²) in [6.07, 6.45) is 9.96. The van der Waals surface area contributed by atoms with Gasteiger partial charge in [0.2, 0.25) is 5.91 Å². The molecule has 142 valence electrons. The summed E-state index contributed by atoms with van der Waals surface area (Å²) in [7, 11) is 0. The zero-order chi connectivity index (χ0) is 18.1. The Kier molecular flexibility index (Phi) is 4.78. The van der Waals surface area contributed by atoms with Gasteiger partial charge in [0.15, 0.2) is 0 Å². The molecule has 3 aliphatic rings. The number of rotatable bonds is 7. The van der Waals surface area contributed by atoms with Gasteiger partial charge in [-0.25, -0.2) is 0 Å². The lowest BCUT2D eigenvalue weighted by molar-refractivity contribution is -0.140. The van der Waals surface area contributed by atoms with Gasteiger partial charge in [-0.2, -0.15) is 0 Å². The number of aryl methyl sites for hydroxylation is 1. The van der Waals surface area contributed by atoms with Crippen LogP contribution in [0.1, 0.15) is 61.0 Å². The predicted octanol–water partition coefficient (Wildman–Crippen LogP) is 2.30. The molecule has 6 nitrogen and oxygen atoms in total. The van der Waals surface area contributed by atoms with Gasteiger partial charge in [0.25, 0.3) is 5.91 Å². The van der Waals surface area contributed by atoms with Crippen molar-refractivity contribution >= 4 is 11.8 Å². The maximum Gasteiger partial charge on any atom is 0.267 e. The SMILES string of the molecule is Cc1c[nH]c(C(=O)NCC2CC(NC(=O)COC3CCC3)C23CCC3)c1. The highest BCUT2D eigenvalue weighted by atomic mass is 16.5. The van der Waals surface area contributed by atoms with E-state index in [1.165, 1.54) is 12.8 Å². The molecule has 1 aromatic heterocycles. The summed E-state index contributed by atoms with van der Waals surface area (Å²) in [5, 5.41) is 6.24. The van der Waals surface area contributed by atoms with Crippen molar-refractivity contribution in [3.05, 3.63) is 23.5 Å². The molecule has 1 heterocycles. The van der Waals surface area contributed by atoms with Crippen molar-refractivity contribution in [2.24, 2.45) is 11.3 Å². The molecule has 3 aliphatic carbocycles. The monoisotopic (exact) mass is 359 g/mol. The van der Waals surface area contributed by atoms with Crippen LogP contribution in [0.5, 0.6) is 0 Å². The zero-order valence-corrected chi connectivity index (χ0v) is 15.5. The normalized spacial score (nSPS) is 26.5. The fourth-order valence-corrected chi connectivity index (χ4v) is 4.62. The summed E-state index contributed by atoms with van der Waals surface area (Å²) >= 11 is 0. The summed E-state index contributed by atoms with van der Waals surface area (Å²) in [6.45, 7) is 2.83. The number of hydrogen-bond donors (Lipinski definition) is 3. The zero-order valence-electron chi connectivity index (χ0n) is 15.5. The second-order valence-electron chi connectivity index (χ2n) is 8.30. The van der Waals surface area contributed by atoms with Gasteiger partial charge >= 0.3 is 0 Å². The Bertz CT molecular complexity index is 676. The van der Waals surface area contributed by atoms with E-state index >= 15 is 0 Å². The van der Waals surface area contributed by atoms with E-state index in [1.54, 1.807) is 0 Å². The average molecular weight is 359 g/mol. The topological polar surface area (TPSA) is 83.2 Å². The van der Waals surface area contributed by atoms with Gasteiger partial charge in [0.05, 0.1) is 6.10 Å². The quantitative estimate of drug-likeness (QED) is 0.698. The molecule has 4 rings (SSSR count). The molecule has 0 radical (unpaired) electrons. The minimum Gasteiger partial charge on any atom is -0.368 e. The molecule has 1 aromatic rings. The summed E-state index contributed by atoms with van der Waals surface area (Å²) in [4.78, 5) is 27.4. The largest absolute Gasteiger partial charge is 0.368 e. The molecule has 0 saturated heterocycles. The van der Waals surface area contributed by atoms with E-state index in [0.717, 1.165) is 37.7 Å². The highest BCUT2D eigenvalue weighted by Gasteiger charge is 2.58. The number of amides is 2. The number of aromatic amines is 1. The molecule has 0 aromatic carbocycles. The van der Waals surface area contributed by atoms with Crippen molar-refractivity contribution in [1.82, 2.24) is 15.6 Å². The molecule has 0 bridgehead atoms. The van der Waals surface area contributed by atoms with Crippen molar-refractivity contribution < 1.29 is 14.3 Å². The van der Waals surface area contributed by atoms with Crippen LogP contribution < -0.4 is 10.6 Å². The second-order valence-corrected chi connectivity index (χ2v) is 8.30. The fourth-order valence-electron chi connectivity index (χ4n) is 4.62. The fraction of sp³-hybridized carbons (Fsp3) is 0.700. The van der Waals surface area contributed by atoms with Crippen molar-refractivity contribution in [2.45, 2.75) is 64.0 Å². The first-order chi connectivity index (χ1) is 12.6. The van der Waals surface area contributed by atoms with E-state index < -0.39 is 0 Å². The number of ether oxygens (including phenoxy) is 1. The van der Waals surface area contributed by atoms with Crippen LogP contribution in [-0.4, -0.2) is 42.1 Å². The maximum atomic E-state index is 12.2. The third-order valence-electron chi connectivity index (χ3n) is 6.73. The standard InChI is InChI=1S/C20H29N3O3/c1-13-8-16(21-10-13)19(25)22-11-14-9-17(20(14)6-3-7-20)23-18(24)12-26-15-4-2-5-15/h8,10,14-15,17,21H,2-7,9,11-12H2,1H3,(H,22,25)(H,23,24). The van der Waals surface area contributed by atoms with Crippen LogP contribution in [-0.2, 0) is 9.53 Å². The number of aromatic nitrogens is 1. The van der Waals surface area contributed by atoms with Crippen LogP contribution in [0.15, 0.2) is 12.3 Å². The first kappa shape index (κ1) is 17.6. The molecule has 2 atom stereocenters. The van der Waals surface area contributed by atoms with Crippen molar-refractivity contribution in [3.8, 4) is 0 Å². The van der Waals surface area contributed by atoms with Crippen LogP contribution in [0.4, 0.5) is 0 Å². The third-order valence-corrected chi connectivity index (χ3v) is 6.73. The molecule has 6 heteroatoms.